The van der Waals surface area contributed by atoms with Crippen molar-refractivity contribution < 1.29 is 9.47 Å². The molecule has 2 aromatic rings. The Bertz CT molecular complexity index is 564. The maximum absolute atomic E-state index is 5.61. The average molecular weight is 289 g/mol. The highest BCUT2D eigenvalue weighted by Crippen LogP contribution is 2.34. The molecule has 2 atom stereocenters. The van der Waals surface area contributed by atoms with Gasteiger partial charge in [0.05, 0.1) is 23.9 Å². The van der Waals surface area contributed by atoms with Crippen LogP contribution >= 0.6 is 11.3 Å². The molecule has 106 valence electrons. The van der Waals surface area contributed by atoms with Gasteiger partial charge in [-0.3, -0.25) is 0 Å². The first kappa shape index (κ1) is 13.6. The Morgan fingerprint density at radius 1 is 1.30 bits per heavy atom. The molecule has 0 radical (unpaired) electrons. The maximum Gasteiger partial charge on any atom is 0.118 e. The summed E-state index contributed by atoms with van der Waals surface area (Å²) in [5, 5.41) is 3.39. The number of methoxy groups -OCH3 is 1. The molecule has 0 amide bonds. The Labute approximate surface area is 123 Å². The van der Waals surface area contributed by atoms with Gasteiger partial charge in [-0.15, -0.1) is 11.3 Å². The summed E-state index contributed by atoms with van der Waals surface area (Å²) in [7, 11) is 1.68. The van der Waals surface area contributed by atoms with E-state index in [4.69, 9.17) is 14.5 Å². The van der Waals surface area contributed by atoms with E-state index in [0.29, 0.717) is 12.0 Å². The van der Waals surface area contributed by atoms with Crippen LogP contribution in [-0.4, -0.2) is 24.8 Å². The summed E-state index contributed by atoms with van der Waals surface area (Å²) in [5.74, 6) is 1.43. The number of ether oxygens (including phenoxy) is 2. The zero-order valence-electron chi connectivity index (χ0n) is 11.8. The third-order valence-corrected chi connectivity index (χ3v) is 4.75. The van der Waals surface area contributed by atoms with Crippen LogP contribution in [0.1, 0.15) is 30.7 Å². The Kier molecular flexibility index (Phi) is 4.03. The second-order valence-corrected chi connectivity index (χ2v) is 6.09. The monoisotopic (exact) mass is 289 g/mol. The Hall–Kier alpha value is -1.39. The van der Waals surface area contributed by atoms with Gasteiger partial charge >= 0.3 is 0 Å². The Morgan fingerprint density at radius 3 is 2.80 bits per heavy atom. The van der Waals surface area contributed by atoms with E-state index >= 15 is 0 Å². The van der Waals surface area contributed by atoms with Crippen LogP contribution in [0.25, 0.3) is 11.3 Å². The highest BCUT2D eigenvalue weighted by Gasteiger charge is 2.23. The minimum absolute atomic E-state index is 0.349. The van der Waals surface area contributed by atoms with E-state index in [1.54, 1.807) is 18.4 Å². The molecule has 1 fully saturated rings. The summed E-state index contributed by atoms with van der Waals surface area (Å²) in [6, 6.07) is 8.07. The van der Waals surface area contributed by atoms with Gasteiger partial charge in [0.2, 0.25) is 0 Å². The zero-order chi connectivity index (χ0) is 13.9. The van der Waals surface area contributed by atoms with Crippen LogP contribution in [0.4, 0.5) is 0 Å². The molecule has 3 rings (SSSR count). The molecule has 0 saturated carbocycles. The predicted octanol–water partition coefficient (Wildman–Crippen LogP) is 4.10. The van der Waals surface area contributed by atoms with Crippen molar-refractivity contribution in [1.29, 1.82) is 0 Å². The highest BCUT2D eigenvalue weighted by atomic mass is 32.1. The summed E-state index contributed by atoms with van der Waals surface area (Å²) in [5.41, 5.74) is 2.21. The van der Waals surface area contributed by atoms with Gasteiger partial charge in [-0.1, -0.05) is 0 Å². The van der Waals surface area contributed by atoms with Gasteiger partial charge < -0.3 is 9.47 Å². The third kappa shape index (κ3) is 2.86. The summed E-state index contributed by atoms with van der Waals surface area (Å²) >= 11 is 1.76. The lowest BCUT2D eigenvalue weighted by molar-refractivity contribution is 0.0186. The second kappa shape index (κ2) is 5.94. The molecule has 1 aromatic heterocycles. The largest absolute Gasteiger partial charge is 0.497 e. The SMILES string of the molecule is COc1ccc(-c2csc([C@H]3CCO[C@@H](C)C3)n2)cc1. The van der Waals surface area contributed by atoms with Crippen molar-refractivity contribution in [2.24, 2.45) is 0 Å². The van der Waals surface area contributed by atoms with Crippen LogP contribution in [0.5, 0.6) is 5.75 Å². The first-order valence-corrected chi connectivity index (χ1v) is 7.85. The molecule has 1 saturated heterocycles. The quantitative estimate of drug-likeness (QED) is 0.852. The fraction of sp³-hybridized carbons (Fsp3) is 0.438. The fourth-order valence-electron chi connectivity index (χ4n) is 2.59. The summed E-state index contributed by atoms with van der Waals surface area (Å²) in [4.78, 5) is 4.82. The van der Waals surface area contributed by atoms with Crippen LogP contribution in [0.2, 0.25) is 0 Å². The fourth-order valence-corrected chi connectivity index (χ4v) is 3.57. The summed E-state index contributed by atoms with van der Waals surface area (Å²) < 4.78 is 10.8. The first-order valence-electron chi connectivity index (χ1n) is 6.97. The smallest absolute Gasteiger partial charge is 0.118 e. The number of rotatable bonds is 3. The number of aromatic nitrogens is 1. The molecule has 2 heterocycles. The van der Waals surface area contributed by atoms with Gasteiger partial charge in [-0.2, -0.15) is 0 Å². The van der Waals surface area contributed by atoms with Gasteiger partial charge in [-0.05, 0) is 44.0 Å². The minimum atomic E-state index is 0.349. The molecule has 0 N–H and O–H groups in total. The molecule has 1 aliphatic rings. The minimum Gasteiger partial charge on any atom is -0.497 e. The molecule has 0 bridgehead atoms. The van der Waals surface area contributed by atoms with E-state index in [1.807, 2.05) is 12.1 Å². The highest BCUT2D eigenvalue weighted by molar-refractivity contribution is 7.10. The van der Waals surface area contributed by atoms with Gasteiger partial charge in [0, 0.05) is 23.5 Å². The van der Waals surface area contributed by atoms with Crippen molar-refractivity contribution in [3.05, 3.63) is 34.7 Å². The Balaban J connectivity index is 1.78. The molecule has 4 heteroatoms. The van der Waals surface area contributed by atoms with Crippen LogP contribution < -0.4 is 4.74 Å². The molecule has 20 heavy (non-hydrogen) atoms. The van der Waals surface area contributed by atoms with E-state index < -0.39 is 0 Å². The maximum atomic E-state index is 5.61. The van der Waals surface area contributed by atoms with Crippen molar-refractivity contribution in [1.82, 2.24) is 4.98 Å². The lowest BCUT2D eigenvalue weighted by Crippen LogP contribution is -2.21. The average Bonchev–Trinajstić information content (AvgIpc) is 2.97. The lowest BCUT2D eigenvalue weighted by Gasteiger charge is -2.25. The number of benzene rings is 1. The topological polar surface area (TPSA) is 31.4 Å². The number of nitrogens with zero attached hydrogens (tertiary/aromatic N) is 1. The number of thiazole rings is 1. The van der Waals surface area contributed by atoms with Crippen LogP contribution in [0.15, 0.2) is 29.6 Å². The van der Waals surface area contributed by atoms with Crippen molar-refractivity contribution in [2.75, 3.05) is 13.7 Å². The van der Waals surface area contributed by atoms with Crippen LogP contribution in [-0.2, 0) is 4.74 Å². The second-order valence-electron chi connectivity index (χ2n) is 5.20. The van der Waals surface area contributed by atoms with Gasteiger partial charge in [-0.25, -0.2) is 4.98 Å². The van der Waals surface area contributed by atoms with Crippen LogP contribution in [0, 0.1) is 0 Å². The molecule has 0 spiro atoms. The van der Waals surface area contributed by atoms with Gasteiger partial charge in [0.15, 0.2) is 0 Å². The molecule has 1 aromatic carbocycles. The molecule has 3 nitrogen and oxygen atoms in total. The summed E-state index contributed by atoms with van der Waals surface area (Å²) in [6.07, 6.45) is 2.51. The van der Waals surface area contributed by atoms with E-state index in [2.05, 4.69) is 24.4 Å². The van der Waals surface area contributed by atoms with Crippen molar-refractivity contribution in [3.8, 4) is 17.0 Å². The van der Waals surface area contributed by atoms with Crippen molar-refractivity contribution in [3.63, 3.8) is 0 Å². The standard InChI is InChI=1S/C16H19NO2S/c1-11-9-13(7-8-19-11)16-17-15(10-20-16)12-3-5-14(18-2)6-4-12/h3-6,10-11,13H,7-9H2,1-2H3/t11-,13-/m0/s1. The van der Waals surface area contributed by atoms with Crippen molar-refractivity contribution >= 4 is 11.3 Å². The third-order valence-electron chi connectivity index (χ3n) is 3.74. The van der Waals surface area contributed by atoms with E-state index in [0.717, 1.165) is 36.5 Å². The predicted molar refractivity (Wildman–Crippen MR) is 81.5 cm³/mol. The van der Waals surface area contributed by atoms with Gasteiger partial charge in [0.1, 0.15) is 5.75 Å². The zero-order valence-corrected chi connectivity index (χ0v) is 12.7. The van der Waals surface area contributed by atoms with E-state index in [1.165, 1.54) is 5.01 Å². The summed E-state index contributed by atoms with van der Waals surface area (Å²) in [6.45, 7) is 2.99. The molecule has 0 unspecified atom stereocenters. The molecular formula is C16H19NO2S. The molecule has 1 aliphatic heterocycles. The lowest BCUT2D eigenvalue weighted by atomic mass is 9.97. The molecular weight excluding hydrogens is 270 g/mol. The van der Waals surface area contributed by atoms with Gasteiger partial charge in [0.25, 0.3) is 0 Å². The Morgan fingerprint density at radius 2 is 2.10 bits per heavy atom. The van der Waals surface area contributed by atoms with Crippen molar-refractivity contribution in [2.45, 2.75) is 31.8 Å². The number of hydrogen-bond acceptors (Lipinski definition) is 4. The first-order chi connectivity index (χ1) is 9.76. The van der Waals surface area contributed by atoms with Crippen LogP contribution in [0.3, 0.4) is 0 Å². The van der Waals surface area contributed by atoms with E-state index in [9.17, 15) is 0 Å². The van der Waals surface area contributed by atoms with E-state index in [-0.39, 0.29) is 0 Å². The molecule has 0 aliphatic carbocycles. The normalized spacial score (nSPS) is 22.7. The number of hydrogen-bond donors (Lipinski definition) is 0.